The van der Waals surface area contributed by atoms with Gasteiger partial charge in [0.05, 0.1) is 13.0 Å². The predicted molar refractivity (Wildman–Crippen MR) is 62.7 cm³/mol. The Balaban J connectivity index is 2.55. The lowest BCUT2D eigenvalue weighted by Crippen LogP contribution is -2.17. The maximum Gasteiger partial charge on any atom is 0.314 e. The van der Waals surface area contributed by atoms with E-state index in [1.165, 1.54) is 0 Å². The second kappa shape index (κ2) is 6.16. The molecule has 1 aromatic rings. The molecule has 3 nitrogen and oxygen atoms in total. The van der Waals surface area contributed by atoms with E-state index < -0.39 is 0 Å². The van der Waals surface area contributed by atoms with Gasteiger partial charge in [-0.3, -0.25) is 4.79 Å². The van der Waals surface area contributed by atoms with Crippen LogP contribution in [0.3, 0.4) is 0 Å². The molecule has 0 aliphatic rings. The van der Waals surface area contributed by atoms with Gasteiger partial charge in [0.1, 0.15) is 11.5 Å². The summed E-state index contributed by atoms with van der Waals surface area (Å²) in [6, 6.07) is 7.00. The van der Waals surface area contributed by atoms with Crippen molar-refractivity contribution in [1.29, 1.82) is 0 Å². The van der Waals surface area contributed by atoms with E-state index in [4.69, 9.17) is 9.47 Å². The third-order valence-corrected chi connectivity index (χ3v) is 2.40. The van der Waals surface area contributed by atoms with Crippen molar-refractivity contribution < 1.29 is 14.3 Å². The van der Waals surface area contributed by atoms with Gasteiger partial charge < -0.3 is 9.47 Å². The van der Waals surface area contributed by atoms with E-state index in [1.54, 1.807) is 31.4 Å². The predicted octanol–water partition coefficient (Wildman–Crippen LogP) is 3.04. The van der Waals surface area contributed by atoms with Crippen LogP contribution in [-0.4, -0.2) is 13.1 Å². The summed E-state index contributed by atoms with van der Waals surface area (Å²) in [4.78, 5) is 11.6. The van der Waals surface area contributed by atoms with Crippen LogP contribution in [0.1, 0.15) is 26.7 Å². The van der Waals surface area contributed by atoms with Crippen molar-refractivity contribution in [1.82, 2.24) is 0 Å². The molecule has 3 heteroatoms. The Labute approximate surface area is 96.4 Å². The molecule has 0 saturated carbocycles. The molecule has 0 radical (unpaired) electrons. The van der Waals surface area contributed by atoms with Gasteiger partial charge in [-0.05, 0) is 30.7 Å². The fourth-order valence-electron chi connectivity index (χ4n) is 1.41. The van der Waals surface area contributed by atoms with Crippen LogP contribution in [0.4, 0.5) is 0 Å². The van der Waals surface area contributed by atoms with Crippen molar-refractivity contribution in [3.05, 3.63) is 24.3 Å². The SMILES string of the molecule is CCCC(C)C(=O)Oc1ccc(OC)cc1. The summed E-state index contributed by atoms with van der Waals surface area (Å²) < 4.78 is 10.3. The number of hydrogen-bond donors (Lipinski definition) is 0. The highest BCUT2D eigenvalue weighted by Gasteiger charge is 2.13. The van der Waals surface area contributed by atoms with Crippen LogP contribution in [0.25, 0.3) is 0 Å². The van der Waals surface area contributed by atoms with Crippen LogP contribution in [0, 0.1) is 5.92 Å². The van der Waals surface area contributed by atoms with Crippen LogP contribution in [0.5, 0.6) is 11.5 Å². The summed E-state index contributed by atoms with van der Waals surface area (Å²) in [5.74, 6) is 1.09. The monoisotopic (exact) mass is 222 g/mol. The van der Waals surface area contributed by atoms with Crippen molar-refractivity contribution >= 4 is 5.97 Å². The molecule has 0 bridgehead atoms. The van der Waals surface area contributed by atoms with Crippen molar-refractivity contribution in [2.24, 2.45) is 5.92 Å². The number of hydrogen-bond acceptors (Lipinski definition) is 3. The van der Waals surface area contributed by atoms with Gasteiger partial charge in [-0.15, -0.1) is 0 Å². The Morgan fingerprint density at radius 1 is 1.25 bits per heavy atom. The Morgan fingerprint density at radius 2 is 1.81 bits per heavy atom. The van der Waals surface area contributed by atoms with Crippen LogP contribution >= 0.6 is 0 Å². The van der Waals surface area contributed by atoms with E-state index in [2.05, 4.69) is 6.92 Å². The van der Waals surface area contributed by atoms with Gasteiger partial charge in [-0.2, -0.15) is 0 Å². The maximum absolute atomic E-state index is 11.6. The Kier molecular flexibility index (Phi) is 4.83. The van der Waals surface area contributed by atoms with Crippen LogP contribution < -0.4 is 9.47 Å². The molecule has 1 rings (SSSR count). The van der Waals surface area contributed by atoms with E-state index in [1.807, 2.05) is 6.92 Å². The standard InChI is InChI=1S/C13H18O3/c1-4-5-10(2)13(14)16-12-8-6-11(15-3)7-9-12/h6-10H,4-5H2,1-3H3. The molecule has 0 amide bonds. The number of rotatable bonds is 5. The van der Waals surface area contributed by atoms with Gasteiger partial charge in [-0.1, -0.05) is 20.3 Å². The second-order valence-corrected chi connectivity index (χ2v) is 3.79. The summed E-state index contributed by atoms with van der Waals surface area (Å²) in [6.07, 6.45) is 1.84. The lowest BCUT2D eigenvalue weighted by molar-refractivity contribution is -0.138. The first-order chi connectivity index (χ1) is 7.67. The van der Waals surface area contributed by atoms with Crippen LogP contribution in [-0.2, 0) is 4.79 Å². The molecule has 0 heterocycles. The summed E-state index contributed by atoms with van der Waals surface area (Å²) in [7, 11) is 1.60. The molecule has 0 aliphatic carbocycles. The third-order valence-electron chi connectivity index (χ3n) is 2.40. The number of benzene rings is 1. The first-order valence-corrected chi connectivity index (χ1v) is 5.53. The van der Waals surface area contributed by atoms with Crippen molar-refractivity contribution in [3.63, 3.8) is 0 Å². The molecular formula is C13H18O3. The number of methoxy groups -OCH3 is 1. The molecular weight excluding hydrogens is 204 g/mol. The average molecular weight is 222 g/mol. The molecule has 0 fully saturated rings. The van der Waals surface area contributed by atoms with Crippen molar-refractivity contribution in [2.75, 3.05) is 7.11 Å². The highest BCUT2D eigenvalue weighted by Crippen LogP contribution is 2.18. The summed E-state index contributed by atoms with van der Waals surface area (Å²) in [6.45, 7) is 3.94. The largest absolute Gasteiger partial charge is 0.497 e. The van der Waals surface area contributed by atoms with Crippen LogP contribution in [0.15, 0.2) is 24.3 Å². The topological polar surface area (TPSA) is 35.5 Å². The highest BCUT2D eigenvalue weighted by atomic mass is 16.5. The van der Waals surface area contributed by atoms with Gasteiger partial charge in [0.15, 0.2) is 0 Å². The van der Waals surface area contributed by atoms with E-state index in [-0.39, 0.29) is 11.9 Å². The average Bonchev–Trinajstić information content (AvgIpc) is 2.30. The minimum atomic E-state index is -0.174. The Hall–Kier alpha value is -1.51. The zero-order valence-electron chi connectivity index (χ0n) is 10.0. The number of carbonyl (C=O) groups is 1. The minimum absolute atomic E-state index is 0.0490. The van der Waals surface area contributed by atoms with E-state index in [0.29, 0.717) is 5.75 Å². The first kappa shape index (κ1) is 12.6. The molecule has 1 aromatic carbocycles. The molecule has 0 aromatic heterocycles. The first-order valence-electron chi connectivity index (χ1n) is 5.53. The molecule has 88 valence electrons. The summed E-state index contributed by atoms with van der Waals surface area (Å²) >= 11 is 0. The van der Waals surface area contributed by atoms with Gasteiger partial charge in [-0.25, -0.2) is 0 Å². The Bertz CT molecular complexity index is 330. The molecule has 0 saturated heterocycles. The van der Waals surface area contributed by atoms with Crippen molar-refractivity contribution in [2.45, 2.75) is 26.7 Å². The normalized spacial score (nSPS) is 11.9. The van der Waals surface area contributed by atoms with Gasteiger partial charge in [0.2, 0.25) is 0 Å². The van der Waals surface area contributed by atoms with Crippen molar-refractivity contribution in [3.8, 4) is 11.5 Å². The van der Waals surface area contributed by atoms with Gasteiger partial charge in [0.25, 0.3) is 0 Å². The summed E-state index contributed by atoms with van der Waals surface area (Å²) in [5, 5.41) is 0. The lowest BCUT2D eigenvalue weighted by atomic mass is 10.1. The number of esters is 1. The zero-order chi connectivity index (χ0) is 12.0. The fraction of sp³-hybridized carbons (Fsp3) is 0.462. The summed E-state index contributed by atoms with van der Waals surface area (Å²) in [5.41, 5.74) is 0. The van der Waals surface area contributed by atoms with Crippen LogP contribution in [0.2, 0.25) is 0 Å². The molecule has 0 N–H and O–H groups in total. The maximum atomic E-state index is 11.6. The molecule has 1 atom stereocenters. The molecule has 0 aliphatic heterocycles. The smallest absolute Gasteiger partial charge is 0.314 e. The number of ether oxygens (including phenoxy) is 2. The lowest BCUT2D eigenvalue weighted by Gasteiger charge is -2.10. The quantitative estimate of drug-likeness (QED) is 0.567. The number of carbonyl (C=O) groups excluding carboxylic acids is 1. The fourth-order valence-corrected chi connectivity index (χ4v) is 1.41. The molecule has 0 spiro atoms. The molecule has 16 heavy (non-hydrogen) atoms. The third kappa shape index (κ3) is 3.57. The highest BCUT2D eigenvalue weighted by molar-refractivity contribution is 5.74. The van der Waals surface area contributed by atoms with Gasteiger partial charge >= 0.3 is 5.97 Å². The Morgan fingerprint density at radius 3 is 2.31 bits per heavy atom. The van der Waals surface area contributed by atoms with E-state index >= 15 is 0 Å². The van der Waals surface area contributed by atoms with Gasteiger partial charge in [0, 0.05) is 0 Å². The van der Waals surface area contributed by atoms with E-state index in [9.17, 15) is 4.79 Å². The second-order valence-electron chi connectivity index (χ2n) is 3.79. The van der Waals surface area contributed by atoms with E-state index in [0.717, 1.165) is 18.6 Å². The molecule has 1 unspecified atom stereocenters. The zero-order valence-corrected chi connectivity index (χ0v) is 10.0. The minimum Gasteiger partial charge on any atom is -0.497 e.